The number of pyridine rings is 2. The maximum atomic E-state index is 11.6. The molecule has 6 heteroatoms. The zero-order valence-corrected chi connectivity index (χ0v) is 12.5. The topological polar surface area (TPSA) is 91.2 Å². The van der Waals surface area contributed by atoms with Gasteiger partial charge in [0, 0.05) is 18.6 Å². The van der Waals surface area contributed by atoms with Crippen LogP contribution in [-0.4, -0.2) is 15.9 Å². The van der Waals surface area contributed by atoms with Crippen molar-refractivity contribution in [2.24, 2.45) is 5.73 Å². The minimum absolute atomic E-state index is 0.0284. The molecule has 0 aliphatic carbocycles. The summed E-state index contributed by atoms with van der Waals surface area (Å²) in [5, 5.41) is 0. The Bertz CT molecular complexity index is 800. The average molecular weight is 309 g/mol. The monoisotopic (exact) mass is 309 g/mol. The highest BCUT2D eigenvalue weighted by Crippen LogP contribution is 2.36. The Hall–Kier alpha value is -3.15. The number of amides is 1. The zero-order chi connectivity index (χ0) is 16.2. The zero-order valence-electron chi connectivity index (χ0n) is 12.5. The van der Waals surface area contributed by atoms with Crippen LogP contribution in [0.4, 0.5) is 0 Å². The first-order chi connectivity index (χ1) is 11.2. The first kappa shape index (κ1) is 14.8. The standard InChI is InChI=1S/C17H15N3O3/c1-11(12-5-8-19-9-6-12)23-14-10-22-16(17(18)21)15(14)13-4-2-3-7-20-13/h2-11H,1H3,(H2,18,21). The molecule has 0 aromatic carbocycles. The van der Waals surface area contributed by atoms with E-state index in [4.69, 9.17) is 14.9 Å². The number of rotatable bonds is 5. The van der Waals surface area contributed by atoms with Crippen molar-refractivity contribution in [3.63, 3.8) is 0 Å². The Morgan fingerprint density at radius 3 is 2.65 bits per heavy atom. The minimum Gasteiger partial charge on any atom is -0.482 e. The van der Waals surface area contributed by atoms with Gasteiger partial charge in [0.05, 0.1) is 11.3 Å². The van der Waals surface area contributed by atoms with E-state index >= 15 is 0 Å². The van der Waals surface area contributed by atoms with Crippen LogP contribution in [0.3, 0.4) is 0 Å². The Morgan fingerprint density at radius 2 is 2.00 bits per heavy atom. The van der Waals surface area contributed by atoms with Crippen molar-refractivity contribution in [3.8, 4) is 17.0 Å². The largest absolute Gasteiger partial charge is 0.482 e. The van der Waals surface area contributed by atoms with Gasteiger partial charge >= 0.3 is 0 Å². The number of furan rings is 1. The summed E-state index contributed by atoms with van der Waals surface area (Å²) in [6, 6.07) is 9.09. The number of nitrogens with two attached hydrogens (primary N) is 1. The molecule has 2 N–H and O–H groups in total. The first-order valence-corrected chi connectivity index (χ1v) is 7.06. The molecule has 1 amide bonds. The molecule has 0 aliphatic heterocycles. The first-order valence-electron chi connectivity index (χ1n) is 7.06. The van der Waals surface area contributed by atoms with Crippen molar-refractivity contribution in [3.05, 3.63) is 66.5 Å². The van der Waals surface area contributed by atoms with E-state index in [0.717, 1.165) is 5.56 Å². The van der Waals surface area contributed by atoms with Crippen LogP contribution < -0.4 is 10.5 Å². The van der Waals surface area contributed by atoms with E-state index in [1.807, 2.05) is 25.1 Å². The molecule has 0 saturated carbocycles. The number of ether oxygens (including phenoxy) is 1. The van der Waals surface area contributed by atoms with Crippen molar-refractivity contribution in [1.29, 1.82) is 0 Å². The lowest BCUT2D eigenvalue weighted by atomic mass is 10.1. The maximum Gasteiger partial charge on any atom is 0.285 e. The third-order valence-corrected chi connectivity index (χ3v) is 3.38. The lowest BCUT2D eigenvalue weighted by Gasteiger charge is -2.14. The molecule has 1 unspecified atom stereocenters. The van der Waals surface area contributed by atoms with Gasteiger partial charge in [0.25, 0.3) is 5.91 Å². The molecule has 23 heavy (non-hydrogen) atoms. The van der Waals surface area contributed by atoms with Gasteiger partial charge in [-0.1, -0.05) is 6.07 Å². The van der Waals surface area contributed by atoms with Crippen LogP contribution in [0.1, 0.15) is 29.1 Å². The van der Waals surface area contributed by atoms with E-state index in [9.17, 15) is 4.79 Å². The lowest BCUT2D eigenvalue weighted by Crippen LogP contribution is -2.11. The van der Waals surface area contributed by atoms with E-state index in [1.165, 1.54) is 6.26 Å². The molecule has 0 spiro atoms. The van der Waals surface area contributed by atoms with Crippen molar-refractivity contribution in [2.45, 2.75) is 13.0 Å². The SMILES string of the molecule is CC(Oc1coc(C(N)=O)c1-c1ccccn1)c1ccncc1. The van der Waals surface area contributed by atoms with E-state index in [2.05, 4.69) is 9.97 Å². The predicted octanol–water partition coefficient (Wildman–Crippen LogP) is 2.98. The summed E-state index contributed by atoms with van der Waals surface area (Å²) >= 11 is 0. The van der Waals surface area contributed by atoms with E-state index in [1.54, 1.807) is 30.7 Å². The van der Waals surface area contributed by atoms with E-state index < -0.39 is 5.91 Å². The summed E-state index contributed by atoms with van der Waals surface area (Å²) in [5.41, 5.74) is 7.35. The fraction of sp³-hybridized carbons (Fsp3) is 0.118. The molecule has 0 fully saturated rings. The summed E-state index contributed by atoms with van der Waals surface area (Å²) < 4.78 is 11.2. The number of hydrogen-bond acceptors (Lipinski definition) is 5. The van der Waals surface area contributed by atoms with Crippen molar-refractivity contribution in [1.82, 2.24) is 9.97 Å². The summed E-state index contributed by atoms with van der Waals surface area (Å²) in [4.78, 5) is 19.8. The van der Waals surface area contributed by atoms with Crippen LogP contribution in [0.15, 0.2) is 59.6 Å². The smallest absolute Gasteiger partial charge is 0.285 e. The number of aromatic nitrogens is 2. The minimum atomic E-state index is -0.669. The normalized spacial score (nSPS) is 11.9. The van der Waals surface area contributed by atoms with Crippen LogP contribution >= 0.6 is 0 Å². The molecule has 0 aliphatic rings. The third-order valence-electron chi connectivity index (χ3n) is 3.38. The molecule has 3 aromatic heterocycles. The summed E-state index contributed by atoms with van der Waals surface area (Å²) in [5.74, 6) is -0.223. The van der Waals surface area contributed by atoms with Gasteiger partial charge < -0.3 is 14.9 Å². The second-order valence-electron chi connectivity index (χ2n) is 4.92. The highest BCUT2D eigenvalue weighted by molar-refractivity contribution is 5.98. The van der Waals surface area contributed by atoms with Gasteiger partial charge in [-0.05, 0) is 36.8 Å². The molecular weight excluding hydrogens is 294 g/mol. The molecule has 116 valence electrons. The Morgan fingerprint density at radius 1 is 1.22 bits per heavy atom. The average Bonchev–Trinajstić information content (AvgIpc) is 3.00. The van der Waals surface area contributed by atoms with Gasteiger partial charge in [-0.25, -0.2) is 0 Å². The fourth-order valence-electron chi connectivity index (χ4n) is 2.26. The van der Waals surface area contributed by atoms with Gasteiger partial charge in [0.15, 0.2) is 5.75 Å². The van der Waals surface area contributed by atoms with Gasteiger partial charge in [-0.15, -0.1) is 0 Å². The van der Waals surface area contributed by atoms with Crippen LogP contribution in [-0.2, 0) is 0 Å². The van der Waals surface area contributed by atoms with E-state index in [-0.39, 0.29) is 11.9 Å². The fourth-order valence-corrected chi connectivity index (χ4v) is 2.26. The molecule has 0 bridgehead atoms. The Labute approximate surface area is 132 Å². The number of primary amides is 1. The van der Waals surface area contributed by atoms with Crippen LogP contribution in [0, 0.1) is 0 Å². The van der Waals surface area contributed by atoms with Crippen LogP contribution in [0.25, 0.3) is 11.3 Å². The van der Waals surface area contributed by atoms with Crippen LogP contribution in [0.5, 0.6) is 5.75 Å². The second kappa shape index (κ2) is 6.31. The van der Waals surface area contributed by atoms with Crippen molar-refractivity contribution >= 4 is 5.91 Å². The molecule has 0 saturated heterocycles. The molecule has 3 rings (SSSR count). The number of carbonyl (C=O) groups excluding carboxylic acids is 1. The Balaban J connectivity index is 1.98. The molecule has 3 aromatic rings. The third kappa shape index (κ3) is 3.06. The highest BCUT2D eigenvalue weighted by Gasteiger charge is 2.23. The highest BCUT2D eigenvalue weighted by atomic mass is 16.5. The predicted molar refractivity (Wildman–Crippen MR) is 83.7 cm³/mol. The van der Waals surface area contributed by atoms with Gasteiger partial charge in [0.1, 0.15) is 12.4 Å². The summed E-state index contributed by atoms with van der Waals surface area (Å²) in [6.45, 7) is 1.90. The lowest BCUT2D eigenvalue weighted by molar-refractivity contribution is 0.0974. The van der Waals surface area contributed by atoms with Crippen molar-refractivity contribution in [2.75, 3.05) is 0 Å². The maximum absolute atomic E-state index is 11.6. The molecule has 6 nitrogen and oxygen atoms in total. The number of hydrogen-bond donors (Lipinski definition) is 1. The molecular formula is C17H15N3O3. The van der Waals surface area contributed by atoms with Crippen molar-refractivity contribution < 1.29 is 13.9 Å². The second-order valence-corrected chi connectivity index (χ2v) is 4.92. The molecule has 3 heterocycles. The van der Waals surface area contributed by atoms with Gasteiger partial charge in [-0.3, -0.25) is 14.8 Å². The number of carbonyl (C=O) groups is 1. The number of nitrogens with zero attached hydrogens (tertiary/aromatic N) is 2. The Kier molecular flexibility index (Phi) is 4.05. The quantitative estimate of drug-likeness (QED) is 0.782. The molecule has 1 atom stereocenters. The van der Waals surface area contributed by atoms with Gasteiger partial charge in [-0.2, -0.15) is 0 Å². The summed E-state index contributed by atoms with van der Waals surface area (Å²) in [7, 11) is 0. The van der Waals surface area contributed by atoms with Gasteiger partial charge in [0.2, 0.25) is 5.76 Å². The summed E-state index contributed by atoms with van der Waals surface area (Å²) in [6.07, 6.45) is 6.14. The van der Waals surface area contributed by atoms with E-state index in [0.29, 0.717) is 17.0 Å². The molecule has 0 radical (unpaired) electrons. The van der Waals surface area contributed by atoms with Crippen LogP contribution in [0.2, 0.25) is 0 Å².